The number of aromatic nitrogens is 2. The molecule has 40 heavy (non-hydrogen) atoms. The Labute approximate surface area is 234 Å². The van der Waals surface area contributed by atoms with Crippen molar-refractivity contribution < 1.29 is 13.7 Å². The molecule has 0 spiro atoms. The van der Waals surface area contributed by atoms with Crippen molar-refractivity contribution in [3.63, 3.8) is 0 Å². The van der Waals surface area contributed by atoms with Crippen LogP contribution in [0.3, 0.4) is 0 Å². The SMILES string of the molecule is O=C(C1CCN(Cc2nc(-c3ccc(F)cc3)no2)CC1)N1CCN(C(c2ccccc2)c2ccccc2)CC1. The maximum Gasteiger partial charge on any atom is 0.241 e. The lowest BCUT2D eigenvalue weighted by atomic mass is 9.94. The smallest absolute Gasteiger partial charge is 0.241 e. The molecule has 0 N–H and O–H groups in total. The standard InChI is InChI=1S/C32H34FN5O2/c33-28-13-11-26(12-14-28)31-34-29(40-35-31)23-36-17-15-27(16-18-36)32(39)38-21-19-37(20-22-38)30(24-7-3-1-4-8-24)25-9-5-2-6-10-25/h1-14,27,30H,15-23H2. The number of carbonyl (C=O) groups excluding carboxylic acids is 1. The zero-order chi connectivity index (χ0) is 27.3. The molecule has 0 atom stereocenters. The molecule has 6 rings (SSSR count). The molecule has 0 bridgehead atoms. The molecule has 8 heteroatoms. The molecule has 3 heterocycles. The number of nitrogens with zero attached hydrogens (tertiary/aromatic N) is 5. The summed E-state index contributed by atoms with van der Waals surface area (Å²) in [6.45, 7) is 5.39. The van der Waals surface area contributed by atoms with E-state index in [1.54, 1.807) is 12.1 Å². The number of carbonyl (C=O) groups is 1. The minimum atomic E-state index is -0.296. The van der Waals surface area contributed by atoms with Crippen LogP contribution in [0.1, 0.15) is 35.9 Å². The summed E-state index contributed by atoms with van der Waals surface area (Å²) >= 11 is 0. The summed E-state index contributed by atoms with van der Waals surface area (Å²) in [6.07, 6.45) is 1.66. The van der Waals surface area contributed by atoms with Crippen LogP contribution in [0.2, 0.25) is 0 Å². The van der Waals surface area contributed by atoms with E-state index in [1.807, 2.05) is 0 Å². The van der Waals surface area contributed by atoms with Gasteiger partial charge in [0.2, 0.25) is 17.6 Å². The average molecular weight is 540 g/mol. The Morgan fingerprint density at radius 3 is 2.02 bits per heavy atom. The van der Waals surface area contributed by atoms with E-state index < -0.39 is 0 Å². The first kappa shape index (κ1) is 26.3. The summed E-state index contributed by atoms with van der Waals surface area (Å²) < 4.78 is 18.6. The highest BCUT2D eigenvalue weighted by molar-refractivity contribution is 5.79. The van der Waals surface area contributed by atoms with Crippen molar-refractivity contribution in [3.05, 3.63) is 108 Å². The van der Waals surface area contributed by atoms with Crippen LogP contribution in [0.5, 0.6) is 0 Å². The van der Waals surface area contributed by atoms with Gasteiger partial charge in [0, 0.05) is 37.7 Å². The van der Waals surface area contributed by atoms with E-state index in [9.17, 15) is 9.18 Å². The van der Waals surface area contributed by atoms with Gasteiger partial charge >= 0.3 is 0 Å². The number of hydrogen-bond donors (Lipinski definition) is 0. The topological polar surface area (TPSA) is 65.7 Å². The first-order chi connectivity index (χ1) is 19.6. The van der Waals surface area contributed by atoms with Gasteiger partial charge in [-0.1, -0.05) is 65.8 Å². The van der Waals surface area contributed by atoms with E-state index in [-0.39, 0.29) is 23.7 Å². The molecule has 7 nitrogen and oxygen atoms in total. The number of likely N-dealkylation sites (tertiary alicyclic amines) is 1. The molecule has 0 saturated carbocycles. The summed E-state index contributed by atoms with van der Waals surface area (Å²) in [5.41, 5.74) is 3.29. The minimum absolute atomic E-state index is 0.0549. The van der Waals surface area contributed by atoms with E-state index in [1.165, 1.54) is 23.3 Å². The number of hydrogen-bond acceptors (Lipinski definition) is 6. The van der Waals surface area contributed by atoms with Crippen molar-refractivity contribution in [2.75, 3.05) is 39.3 Å². The Morgan fingerprint density at radius 2 is 1.43 bits per heavy atom. The minimum Gasteiger partial charge on any atom is -0.340 e. The zero-order valence-electron chi connectivity index (χ0n) is 22.5. The van der Waals surface area contributed by atoms with Gasteiger partial charge in [0.05, 0.1) is 12.6 Å². The summed E-state index contributed by atoms with van der Waals surface area (Å²) in [4.78, 5) is 24.7. The molecule has 1 aromatic heterocycles. The number of piperazine rings is 1. The van der Waals surface area contributed by atoms with Gasteiger partial charge in [-0.25, -0.2) is 4.39 Å². The Morgan fingerprint density at radius 1 is 0.825 bits per heavy atom. The third-order valence-electron chi connectivity index (χ3n) is 8.09. The highest BCUT2D eigenvalue weighted by atomic mass is 19.1. The molecule has 0 unspecified atom stereocenters. The first-order valence-corrected chi connectivity index (χ1v) is 14.1. The predicted octanol–water partition coefficient (Wildman–Crippen LogP) is 5.02. The van der Waals surface area contributed by atoms with E-state index >= 15 is 0 Å². The fourth-order valence-corrected chi connectivity index (χ4v) is 5.91. The van der Waals surface area contributed by atoms with Gasteiger partial charge in [-0.3, -0.25) is 14.6 Å². The lowest BCUT2D eigenvalue weighted by molar-refractivity contribution is -0.139. The molecule has 206 valence electrons. The quantitative estimate of drug-likeness (QED) is 0.329. The monoisotopic (exact) mass is 539 g/mol. The van der Waals surface area contributed by atoms with E-state index in [2.05, 4.69) is 85.5 Å². The molecule has 2 saturated heterocycles. The maximum absolute atomic E-state index is 13.4. The van der Waals surface area contributed by atoms with E-state index in [4.69, 9.17) is 4.52 Å². The second-order valence-corrected chi connectivity index (χ2v) is 10.7. The molecule has 2 aliphatic rings. The van der Waals surface area contributed by atoms with Crippen molar-refractivity contribution >= 4 is 5.91 Å². The Bertz CT molecular complexity index is 1340. The predicted molar refractivity (Wildman–Crippen MR) is 151 cm³/mol. The summed E-state index contributed by atoms with van der Waals surface area (Å²) in [7, 11) is 0. The molecule has 2 aliphatic heterocycles. The van der Waals surface area contributed by atoms with Gasteiger partial charge in [-0.2, -0.15) is 4.98 Å². The molecular formula is C32H34FN5O2. The third kappa shape index (κ3) is 5.98. The molecule has 1 amide bonds. The van der Waals surface area contributed by atoms with Crippen LogP contribution in [0.4, 0.5) is 4.39 Å². The lowest BCUT2D eigenvalue weighted by Gasteiger charge is -2.41. The molecule has 4 aromatic rings. The van der Waals surface area contributed by atoms with Crippen LogP contribution < -0.4 is 0 Å². The average Bonchev–Trinajstić information content (AvgIpc) is 3.47. The molecule has 2 fully saturated rings. The van der Waals surface area contributed by atoms with Gasteiger partial charge < -0.3 is 9.42 Å². The number of rotatable bonds is 7. The number of amides is 1. The number of piperidine rings is 1. The van der Waals surface area contributed by atoms with Crippen molar-refractivity contribution in [2.45, 2.75) is 25.4 Å². The normalized spacial score (nSPS) is 17.4. The van der Waals surface area contributed by atoms with Gasteiger partial charge in [0.25, 0.3) is 0 Å². The highest BCUT2D eigenvalue weighted by Crippen LogP contribution is 2.30. The maximum atomic E-state index is 13.4. The lowest BCUT2D eigenvalue weighted by Crippen LogP contribution is -2.52. The third-order valence-corrected chi connectivity index (χ3v) is 8.09. The van der Waals surface area contributed by atoms with Crippen LogP contribution in [-0.4, -0.2) is 70.0 Å². The second-order valence-electron chi connectivity index (χ2n) is 10.7. The fourth-order valence-electron chi connectivity index (χ4n) is 5.91. The van der Waals surface area contributed by atoms with Gasteiger partial charge in [-0.05, 0) is 61.3 Å². The summed E-state index contributed by atoms with van der Waals surface area (Å²) in [6, 6.07) is 27.5. The van der Waals surface area contributed by atoms with Crippen LogP contribution in [0.25, 0.3) is 11.4 Å². The summed E-state index contributed by atoms with van der Waals surface area (Å²) in [5.74, 6) is 1.04. The Kier molecular flexibility index (Phi) is 7.97. The zero-order valence-corrected chi connectivity index (χ0v) is 22.5. The van der Waals surface area contributed by atoms with Crippen molar-refractivity contribution in [3.8, 4) is 11.4 Å². The van der Waals surface area contributed by atoms with Crippen molar-refractivity contribution in [1.82, 2.24) is 24.8 Å². The molecule has 0 aliphatic carbocycles. The van der Waals surface area contributed by atoms with Crippen LogP contribution >= 0.6 is 0 Å². The van der Waals surface area contributed by atoms with Crippen molar-refractivity contribution in [1.29, 1.82) is 0 Å². The largest absolute Gasteiger partial charge is 0.340 e. The van der Waals surface area contributed by atoms with Crippen molar-refractivity contribution in [2.24, 2.45) is 5.92 Å². The van der Waals surface area contributed by atoms with E-state index in [0.29, 0.717) is 18.3 Å². The number of halogens is 1. The van der Waals surface area contributed by atoms with Crippen LogP contribution in [0, 0.1) is 11.7 Å². The Hall–Kier alpha value is -3.88. The second kappa shape index (κ2) is 12.1. The summed E-state index contributed by atoms with van der Waals surface area (Å²) in [5, 5.41) is 4.04. The molecular weight excluding hydrogens is 505 g/mol. The first-order valence-electron chi connectivity index (χ1n) is 14.1. The number of benzene rings is 3. The van der Waals surface area contributed by atoms with Crippen LogP contribution in [-0.2, 0) is 11.3 Å². The van der Waals surface area contributed by atoms with E-state index in [0.717, 1.165) is 57.7 Å². The highest BCUT2D eigenvalue weighted by Gasteiger charge is 2.33. The Balaban J connectivity index is 1.01. The fraction of sp³-hybridized carbons (Fsp3) is 0.344. The van der Waals surface area contributed by atoms with Gasteiger partial charge in [-0.15, -0.1) is 0 Å². The molecule has 3 aromatic carbocycles. The van der Waals surface area contributed by atoms with Gasteiger partial charge in [0.1, 0.15) is 5.82 Å². The van der Waals surface area contributed by atoms with Crippen LogP contribution in [0.15, 0.2) is 89.5 Å². The van der Waals surface area contributed by atoms with Gasteiger partial charge in [0.15, 0.2) is 0 Å². The molecule has 0 radical (unpaired) electrons.